The van der Waals surface area contributed by atoms with Gasteiger partial charge in [-0.2, -0.15) is 0 Å². The van der Waals surface area contributed by atoms with Crippen molar-refractivity contribution >= 4 is 15.9 Å². The monoisotopic (exact) mass is 315 g/mol. The van der Waals surface area contributed by atoms with Gasteiger partial charge in [0.25, 0.3) is 5.91 Å². The van der Waals surface area contributed by atoms with Crippen LogP contribution >= 0.6 is 0 Å². The van der Waals surface area contributed by atoms with Crippen LogP contribution in [0.1, 0.15) is 35.2 Å². The summed E-state index contributed by atoms with van der Waals surface area (Å²) in [6, 6.07) is 0. The standard InChI is InChI=1S/C13H21N3O4S/c1-4-11-12(10(2)20-14-11)13(17)15-6-5-7-16(9-8-15)21(3,18)19/h4-9H2,1-3H3. The number of hydrogen-bond donors (Lipinski definition) is 0. The van der Waals surface area contributed by atoms with Gasteiger partial charge in [0, 0.05) is 26.2 Å². The molecule has 0 aromatic carbocycles. The van der Waals surface area contributed by atoms with Gasteiger partial charge in [0.15, 0.2) is 0 Å². The highest BCUT2D eigenvalue weighted by atomic mass is 32.2. The number of aromatic nitrogens is 1. The molecule has 0 bridgehead atoms. The molecular formula is C13H21N3O4S. The molecule has 1 fully saturated rings. The van der Waals surface area contributed by atoms with Crippen LogP contribution < -0.4 is 0 Å². The van der Waals surface area contributed by atoms with Crippen LogP contribution in [0, 0.1) is 6.92 Å². The highest BCUT2D eigenvalue weighted by Gasteiger charge is 2.28. The molecule has 2 rings (SSSR count). The lowest BCUT2D eigenvalue weighted by atomic mass is 10.1. The molecule has 1 saturated heterocycles. The fourth-order valence-electron chi connectivity index (χ4n) is 2.52. The fourth-order valence-corrected chi connectivity index (χ4v) is 3.39. The van der Waals surface area contributed by atoms with Crippen molar-refractivity contribution in [3.63, 3.8) is 0 Å². The minimum atomic E-state index is -3.21. The molecule has 0 atom stereocenters. The van der Waals surface area contributed by atoms with E-state index in [1.165, 1.54) is 10.6 Å². The Morgan fingerprint density at radius 1 is 1.29 bits per heavy atom. The summed E-state index contributed by atoms with van der Waals surface area (Å²) in [5.74, 6) is 0.391. The Hall–Kier alpha value is -1.41. The van der Waals surface area contributed by atoms with Gasteiger partial charge < -0.3 is 9.42 Å². The lowest BCUT2D eigenvalue weighted by Gasteiger charge is -2.21. The van der Waals surface area contributed by atoms with Crippen LogP contribution in [0.25, 0.3) is 0 Å². The summed E-state index contributed by atoms with van der Waals surface area (Å²) in [5, 5.41) is 3.90. The summed E-state index contributed by atoms with van der Waals surface area (Å²) in [4.78, 5) is 14.3. The Morgan fingerprint density at radius 2 is 2.00 bits per heavy atom. The molecule has 1 amide bonds. The lowest BCUT2D eigenvalue weighted by molar-refractivity contribution is 0.0761. The number of aryl methyl sites for hydroxylation is 2. The molecule has 1 aliphatic heterocycles. The van der Waals surface area contributed by atoms with Gasteiger partial charge in [-0.1, -0.05) is 12.1 Å². The van der Waals surface area contributed by atoms with E-state index in [4.69, 9.17) is 4.52 Å². The summed E-state index contributed by atoms with van der Waals surface area (Å²) in [6.07, 6.45) is 2.45. The maximum absolute atomic E-state index is 12.6. The van der Waals surface area contributed by atoms with Crippen LogP contribution in [0.15, 0.2) is 4.52 Å². The minimum absolute atomic E-state index is 0.124. The Morgan fingerprint density at radius 3 is 2.62 bits per heavy atom. The molecule has 2 heterocycles. The largest absolute Gasteiger partial charge is 0.361 e. The highest BCUT2D eigenvalue weighted by Crippen LogP contribution is 2.18. The zero-order valence-corrected chi connectivity index (χ0v) is 13.4. The molecule has 1 aromatic rings. The predicted octanol–water partition coefficient (Wildman–Crippen LogP) is 0.653. The van der Waals surface area contributed by atoms with Crippen LogP contribution in [0.4, 0.5) is 0 Å². The average Bonchev–Trinajstić information content (AvgIpc) is 2.64. The SMILES string of the molecule is CCc1noc(C)c1C(=O)N1CCCN(S(C)(=O)=O)CC1. The van der Waals surface area contributed by atoms with E-state index < -0.39 is 10.0 Å². The van der Waals surface area contributed by atoms with Gasteiger partial charge in [0.2, 0.25) is 10.0 Å². The molecule has 0 spiro atoms. The Kier molecular flexibility index (Phi) is 4.67. The summed E-state index contributed by atoms with van der Waals surface area (Å²) >= 11 is 0. The predicted molar refractivity (Wildman–Crippen MR) is 77.6 cm³/mol. The highest BCUT2D eigenvalue weighted by molar-refractivity contribution is 7.88. The van der Waals surface area contributed by atoms with Crippen LogP contribution in [-0.4, -0.2) is 61.1 Å². The molecule has 118 valence electrons. The van der Waals surface area contributed by atoms with E-state index >= 15 is 0 Å². The summed E-state index contributed by atoms with van der Waals surface area (Å²) in [6.45, 7) is 5.35. The van der Waals surface area contributed by atoms with Crippen molar-refractivity contribution in [3.05, 3.63) is 17.0 Å². The van der Waals surface area contributed by atoms with Crippen molar-refractivity contribution < 1.29 is 17.7 Å². The van der Waals surface area contributed by atoms with Crippen molar-refractivity contribution in [2.45, 2.75) is 26.7 Å². The van der Waals surface area contributed by atoms with Gasteiger partial charge in [-0.3, -0.25) is 4.79 Å². The molecular weight excluding hydrogens is 294 g/mol. The first-order valence-electron chi connectivity index (χ1n) is 7.04. The fraction of sp³-hybridized carbons (Fsp3) is 0.692. The number of amides is 1. The second kappa shape index (κ2) is 6.15. The zero-order valence-electron chi connectivity index (χ0n) is 12.6. The number of carbonyl (C=O) groups excluding carboxylic acids is 1. The molecule has 0 aliphatic carbocycles. The smallest absolute Gasteiger partial charge is 0.259 e. The second-order valence-electron chi connectivity index (χ2n) is 5.22. The number of nitrogens with zero attached hydrogens (tertiary/aromatic N) is 3. The lowest BCUT2D eigenvalue weighted by Crippen LogP contribution is -2.37. The molecule has 7 nitrogen and oxygen atoms in total. The van der Waals surface area contributed by atoms with Crippen LogP contribution in [0.5, 0.6) is 0 Å². The summed E-state index contributed by atoms with van der Waals surface area (Å²) in [7, 11) is -3.21. The van der Waals surface area contributed by atoms with Gasteiger partial charge in [-0.15, -0.1) is 0 Å². The molecule has 1 aromatic heterocycles. The molecule has 0 N–H and O–H groups in total. The topological polar surface area (TPSA) is 83.7 Å². The van der Waals surface area contributed by atoms with Crippen molar-refractivity contribution in [3.8, 4) is 0 Å². The number of hydrogen-bond acceptors (Lipinski definition) is 5. The molecule has 0 unspecified atom stereocenters. The summed E-state index contributed by atoms with van der Waals surface area (Å²) in [5.41, 5.74) is 1.17. The third-order valence-electron chi connectivity index (χ3n) is 3.69. The Bertz CT molecular complexity index is 623. The first kappa shape index (κ1) is 16.0. The number of rotatable bonds is 3. The van der Waals surface area contributed by atoms with Gasteiger partial charge in [-0.05, 0) is 19.8 Å². The zero-order chi connectivity index (χ0) is 15.6. The van der Waals surface area contributed by atoms with E-state index in [2.05, 4.69) is 5.16 Å². The van der Waals surface area contributed by atoms with E-state index in [9.17, 15) is 13.2 Å². The first-order chi connectivity index (χ1) is 9.84. The maximum atomic E-state index is 12.6. The second-order valence-corrected chi connectivity index (χ2v) is 7.20. The van der Waals surface area contributed by atoms with Gasteiger partial charge in [0.05, 0.1) is 11.9 Å². The normalized spacial score (nSPS) is 17.8. The van der Waals surface area contributed by atoms with Crippen LogP contribution in [0.3, 0.4) is 0 Å². The van der Waals surface area contributed by atoms with Crippen molar-refractivity contribution in [2.75, 3.05) is 32.4 Å². The van der Waals surface area contributed by atoms with E-state index in [-0.39, 0.29) is 5.91 Å². The molecule has 0 saturated carbocycles. The van der Waals surface area contributed by atoms with E-state index in [0.717, 1.165) is 0 Å². The van der Waals surface area contributed by atoms with Crippen LogP contribution in [-0.2, 0) is 16.4 Å². The Labute approximate surface area is 124 Å². The van der Waals surface area contributed by atoms with Gasteiger partial charge in [0.1, 0.15) is 11.3 Å². The van der Waals surface area contributed by atoms with Crippen molar-refractivity contribution in [1.29, 1.82) is 0 Å². The molecule has 21 heavy (non-hydrogen) atoms. The molecule has 0 radical (unpaired) electrons. The minimum Gasteiger partial charge on any atom is -0.361 e. The molecule has 8 heteroatoms. The van der Waals surface area contributed by atoms with E-state index in [1.54, 1.807) is 11.8 Å². The number of carbonyl (C=O) groups is 1. The Balaban J connectivity index is 2.16. The maximum Gasteiger partial charge on any atom is 0.259 e. The number of sulfonamides is 1. The molecule has 1 aliphatic rings. The van der Waals surface area contributed by atoms with Gasteiger partial charge in [-0.25, -0.2) is 12.7 Å². The van der Waals surface area contributed by atoms with Gasteiger partial charge >= 0.3 is 0 Å². The third kappa shape index (κ3) is 3.44. The van der Waals surface area contributed by atoms with Crippen molar-refractivity contribution in [2.24, 2.45) is 0 Å². The third-order valence-corrected chi connectivity index (χ3v) is 5.00. The first-order valence-corrected chi connectivity index (χ1v) is 8.89. The van der Waals surface area contributed by atoms with E-state index in [0.29, 0.717) is 56.0 Å². The van der Waals surface area contributed by atoms with E-state index in [1.807, 2.05) is 6.92 Å². The van der Waals surface area contributed by atoms with Crippen LogP contribution in [0.2, 0.25) is 0 Å². The van der Waals surface area contributed by atoms with Crippen molar-refractivity contribution in [1.82, 2.24) is 14.4 Å². The quantitative estimate of drug-likeness (QED) is 0.818. The summed E-state index contributed by atoms with van der Waals surface area (Å²) < 4.78 is 29.7. The average molecular weight is 315 g/mol.